The average molecular weight is 1130 g/mol. The predicted molar refractivity (Wildman–Crippen MR) is 322 cm³/mol. The van der Waals surface area contributed by atoms with Gasteiger partial charge in [-0.25, -0.2) is 29.4 Å². The summed E-state index contributed by atoms with van der Waals surface area (Å²) in [7, 11) is -11.9. The van der Waals surface area contributed by atoms with E-state index in [2.05, 4.69) is 187 Å². The van der Waals surface area contributed by atoms with Gasteiger partial charge in [0.15, 0.2) is 0 Å². The Kier molecular flexibility index (Phi) is 31.4. The Hall–Kier alpha value is 0.115. The molecule has 436 valence electrons. The summed E-state index contributed by atoms with van der Waals surface area (Å²) >= 11 is 0. The van der Waals surface area contributed by atoms with E-state index < -0.39 is 38.3 Å². The van der Waals surface area contributed by atoms with Gasteiger partial charge in [-0.1, -0.05) is 125 Å². The van der Waals surface area contributed by atoms with Crippen molar-refractivity contribution in [2.45, 2.75) is 192 Å². The number of likely N-dealkylation sites (N-methyl/N-ethyl adjacent to an activating group) is 9. The summed E-state index contributed by atoms with van der Waals surface area (Å²) in [6.07, 6.45) is 6.91. The Morgan fingerprint density at radius 2 is 0.514 bits per heavy atom. The Balaban J connectivity index is 0.00000356. The molecule has 0 N–H and O–H groups in total. The summed E-state index contributed by atoms with van der Waals surface area (Å²) in [6.45, 7) is 68.7. The van der Waals surface area contributed by atoms with Crippen LogP contribution < -0.4 is 0 Å². The first-order valence-corrected chi connectivity index (χ1v) is 36.1. The van der Waals surface area contributed by atoms with Crippen LogP contribution in [-0.2, 0) is 0 Å². The molecule has 3 fully saturated rings. The van der Waals surface area contributed by atoms with Crippen molar-refractivity contribution in [3.63, 3.8) is 0 Å². The SMILES string of the molecule is CCN(CC)C1CC[P+](=N[P+](N=[P+]2CCC(N(CC)CC)C2(N(CC)CC)N(CC)CC)(N=[P+]2CCC(N(CC)CC)C2(N(CC)CC)N(CC)CC)N(CC)CC)C1(N(CC)CC)N(CC)CC.F[B-](F)(F)F. The molecule has 0 bridgehead atoms. The fourth-order valence-corrected chi connectivity index (χ4v) is 31.8. The maximum atomic E-state index is 9.75. The van der Waals surface area contributed by atoms with Crippen LogP contribution in [0.5, 0.6) is 0 Å². The Morgan fingerprint density at radius 1 is 0.338 bits per heavy atom. The minimum absolute atomic E-state index is 0.207. The lowest BCUT2D eigenvalue weighted by Crippen LogP contribution is -2.66. The van der Waals surface area contributed by atoms with E-state index in [9.17, 15) is 17.3 Å². The Bertz CT molecular complexity index is 1450. The van der Waals surface area contributed by atoms with Crippen LogP contribution in [0.25, 0.3) is 0 Å². The maximum absolute atomic E-state index is 9.75. The lowest BCUT2D eigenvalue weighted by Gasteiger charge is -2.48. The minimum Gasteiger partial charge on any atom is -0.418 e. The quantitative estimate of drug-likeness (QED) is 0.0275. The molecule has 13 nitrogen and oxygen atoms in total. The predicted octanol–water partition coefficient (Wildman–Crippen LogP) is 13.7. The third-order valence-electron chi connectivity index (χ3n) is 17.2. The molecule has 3 heterocycles. The van der Waals surface area contributed by atoms with E-state index in [-0.39, 0.29) is 16.2 Å². The highest BCUT2D eigenvalue weighted by atomic mass is 31.2. The van der Waals surface area contributed by atoms with Crippen LogP contribution in [-0.4, -0.2) is 240 Å². The van der Waals surface area contributed by atoms with Gasteiger partial charge >= 0.3 is 15.1 Å². The summed E-state index contributed by atoms with van der Waals surface area (Å²) in [5.74, 6) is 0. The molecule has 22 heteroatoms. The molecule has 0 aromatic rings. The Labute approximate surface area is 457 Å². The zero-order valence-electron chi connectivity index (χ0n) is 51.3. The number of nitrogens with zero attached hydrogens (tertiary/aromatic N) is 13. The molecule has 3 aliphatic rings. The second kappa shape index (κ2) is 33.1. The molecular formula is C52H115BF4N13P4+3. The lowest BCUT2D eigenvalue weighted by atomic mass is 10.1. The molecule has 0 aromatic heterocycles. The van der Waals surface area contributed by atoms with Crippen LogP contribution in [0.1, 0.15) is 158 Å². The highest BCUT2D eigenvalue weighted by molar-refractivity contribution is 7.81. The van der Waals surface area contributed by atoms with Crippen LogP contribution in [0.4, 0.5) is 17.3 Å². The van der Waals surface area contributed by atoms with Crippen LogP contribution in [0.2, 0.25) is 0 Å². The molecular weight excluding hydrogens is 1020 g/mol. The zero-order valence-corrected chi connectivity index (χ0v) is 54.9. The molecule has 6 unspecified atom stereocenters. The smallest absolute Gasteiger partial charge is 0.418 e. The summed E-state index contributed by atoms with van der Waals surface area (Å²) in [6, 6.07) is 1.18. The van der Waals surface area contributed by atoms with Crippen molar-refractivity contribution in [3.05, 3.63) is 0 Å². The molecule has 3 saturated heterocycles. The van der Waals surface area contributed by atoms with Crippen molar-refractivity contribution in [2.24, 2.45) is 13.5 Å². The van der Waals surface area contributed by atoms with Crippen molar-refractivity contribution in [1.29, 1.82) is 0 Å². The summed E-state index contributed by atoms with van der Waals surface area (Å²) < 4.78 is 62.7. The van der Waals surface area contributed by atoms with Gasteiger partial charge in [0, 0.05) is 111 Å². The zero-order chi connectivity index (χ0) is 56.2. The molecule has 0 aliphatic carbocycles. The van der Waals surface area contributed by atoms with Crippen LogP contribution in [0, 0.1) is 0 Å². The van der Waals surface area contributed by atoms with E-state index in [4.69, 9.17) is 13.5 Å². The third-order valence-corrected chi connectivity index (χ3v) is 31.0. The van der Waals surface area contributed by atoms with Crippen molar-refractivity contribution in [2.75, 3.05) is 149 Å². The summed E-state index contributed by atoms with van der Waals surface area (Å²) in [5.41, 5.74) is 0. The van der Waals surface area contributed by atoms with E-state index in [0.29, 0.717) is 18.1 Å². The average Bonchev–Trinajstić information content (AvgIpc) is 4.05. The highest BCUT2D eigenvalue weighted by Crippen LogP contribution is 2.81. The van der Waals surface area contributed by atoms with Gasteiger partial charge in [0.2, 0.25) is 0 Å². The van der Waals surface area contributed by atoms with E-state index in [1.165, 1.54) is 19.3 Å². The van der Waals surface area contributed by atoms with Crippen LogP contribution in [0.3, 0.4) is 0 Å². The molecule has 0 saturated carbocycles. The number of rotatable bonds is 33. The van der Waals surface area contributed by atoms with Gasteiger partial charge in [-0.3, -0.25) is 14.7 Å². The van der Waals surface area contributed by atoms with E-state index in [1.54, 1.807) is 0 Å². The van der Waals surface area contributed by atoms with Gasteiger partial charge in [-0.15, -0.1) is 4.67 Å². The normalized spacial score (nSPS) is 23.6. The van der Waals surface area contributed by atoms with Crippen molar-refractivity contribution in [1.82, 2.24) is 48.8 Å². The van der Waals surface area contributed by atoms with Crippen LogP contribution >= 0.6 is 31.0 Å². The van der Waals surface area contributed by atoms with Gasteiger partial charge in [-0.05, 0) is 53.1 Å². The monoisotopic (exact) mass is 1130 g/mol. The van der Waals surface area contributed by atoms with Crippen molar-refractivity contribution in [3.8, 4) is 0 Å². The van der Waals surface area contributed by atoms with E-state index >= 15 is 0 Å². The summed E-state index contributed by atoms with van der Waals surface area (Å²) in [5, 5.41) is -0.622. The molecule has 3 aliphatic heterocycles. The largest absolute Gasteiger partial charge is 0.673 e. The third kappa shape index (κ3) is 14.2. The van der Waals surface area contributed by atoms with Crippen LogP contribution in [0.15, 0.2) is 13.5 Å². The van der Waals surface area contributed by atoms with Gasteiger partial charge in [-0.2, -0.15) is 0 Å². The van der Waals surface area contributed by atoms with E-state index in [0.717, 1.165) is 149 Å². The van der Waals surface area contributed by atoms with Gasteiger partial charge in [0.05, 0.1) is 18.1 Å². The first kappa shape index (κ1) is 70.2. The molecule has 3 rings (SSSR count). The van der Waals surface area contributed by atoms with Crippen molar-refractivity contribution < 1.29 is 17.3 Å². The molecule has 0 amide bonds. The number of hydrogen-bond donors (Lipinski definition) is 0. The Morgan fingerprint density at radius 3 is 0.649 bits per heavy atom. The number of halogens is 4. The molecule has 0 aromatic carbocycles. The first-order chi connectivity index (χ1) is 35.3. The van der Waals surface area contributed by atoms with Gasteiger partial charge < -0.3 is 17.3 Å². The number of hydrogen-bond acceptors (Lipinski definition) is 13. The topological polar surface area (TPSA) is 69.5 Å². The lowest BCUT2D eigenvalue weighted by molar-refractivity contribution is -0.0390. The molecule has 0 radical (unpaired) electrons. The first-order valence-electron chi connectivity index (χ1n) is 30.1. The second-order valence-corrected chi connectivity index (χ2v) is 29.0. The maximum Gasteiger partial charge on any atom is 0.673 e. The summed E-state index contributed by atoms with van der Waals surface area (Å²) in [4.78, 5) is 25.8. The highest BCUT2D eigenvalue weighted by Gasteiger charge is 2.76. The van der Waals surface area contributed by atoms with E-state index in [1.807, 2.05) is 0 Å². The molecule has 74 heavy (non-hydrogen) atoms. The fourth-order valence-electron chi connectivity index (χ4n) is 14.2. The standard InChI is InChI=1S/C52H115N13P4.BF4/c1-21-56(22-2)47-41-44-66(50(47,59(27-7)28-8)60(29-9)30-10)53-69(65(39-19)40-20,54-67-45-42-48(57(23-3)24-4)51(67,61(31-11)32-12)62(33-13)34-14)55-68-46-43-49(58(25-5)26-6)52(68,63(35-15)36-16)64(37-17)38-18;2-1(3,4)5/h47-49H,21-46H2,1-20H3;/q+4;-1. The van der Waals surface area contributed by atoms with Crippen molar-refractivity contribution >= 4 is 38.3 Å². The van der Waals surface area contributed by atoms with Gasteiger partial charge in [0.1, 0.15) is 32.0 Å². The molecule has 0 spiro atoms. The second-order valence-electron chi connectivity index (χ2n) is 19.5. The molecule has 6 atom stereocenters. The minimum atomic E-state index is -6.00. The fraction of sp³-hybridized carbons (Fsp3) is 1.00. The van der Waals surface area contributed by atoms with Gasteiger partial charge in [0.25, 0.3) is 39.4 Å².